The van der Waals surface area contributed by atoms with Gasteiger partial charge in [-0.1, -0.05) is 17.5 Å². The summed E-state index contributed by atoms with van der Waals surface area (Å²) < 4.78 is 10.9. The number of Topliss-reactive ketones (excluding diaryl/α,β-unsaturated/α-hetero) is 1. The Hall–Kier alpha value is -3.09. The summed E-state index contributed by atoms with van der Waals surface area (Å²) in [5.41, 5.74) is 8.64. The number of allylic oxidation sites excluding steroid dienone is 3. The molecule has 0 unspecified atom stereocenters. The molecule has 3 rings (SSSR count). The quantitative estimate of drug-likeness (QED) is 0.785. The molecule has 0 saturated carbocycles. The molecule has 0 radical (unpaired) electrons. The molecule has 1 heterocycles. The molecule has 7 heteroatoms. The Morgan fingerprint density at radius 1 is 1.43 bits per heavy atom. The first-order valence-electron chi connectivity index (χ1n) is 8.78. The van der Waals surface area contributed by atoms with Gasteiger partial charge >= 0.3 is 0 Å². The molecule has 144 valence electrons. The van der Waals surface area contributed by atoms with E-state index in [-0.39, 0.29) is 17.4 Å². The largest absolute Gasteiger partial charge is 0.493 e. The number of nitrogens with two attached hydrogens (primary N) is 1. The van der Waals surface area contributed by atoms with E-state index >= 15 is 0 Å². The van der Waals surface area contributed by atoms with Gasteiger partial charge < -0.3 is 20.1 Å². The predicted molar refractivity (Wildman–Crippen MR) is 106 cm³/mol. The number of methoxy groups -OCH3 is 1. The Morgan fingerprint density at radius 2 is 2.18 bits per heavy atom. The summed E-state index contributed by atoms with van der Waals surface area (Å²) in [5, 5.41) is 10.1. The Bertz CT molecular complexity index is 982. The lowest BCUT2D eigenvalue weighted by Gasteiger charge is -2.37. The molecule has 1 aliphatic carbocycles. The molecule has 0 aromatic heterocycles. The van der Waals surface area contributed by atoms with Gasteiger partial charge in [-0.25, -0.2) is 0 Å². The molecule has 1 aromatic rings. The second kappa shape index (κ2) is 7.88. The van der Waals surface area contributed by atoms with Gasteiger partial charge in [0.15, 0.2) is 17.3 Å². The maximum atomic E-state index is 12.8. The van der Waals surface area contributed by atoms with E-state index < -0.39 is 5.92 Å². The first-order valence-corrected chi connectivity index (χ1v) is 9.15. The number of hydrogen-bond acceptors (Lipinski definition) is 6. The van der Waals surface area contributed by atoms with Gasteiger partial charge in [-0.05, 0) is 30.5 Å². The summed E-state index contributed by atoms with van der Waals surface area (Å²) in [6.45, 7) is 0.0354. The molecule has 1 atom stereocenters. The van der Waals surface area contributed by atoms with Gasteiger partial charge in [-0.2, -0.15) is 5.26 Å². The molecule has 1 aliphatic heterocycles. The first-order chi connectivity index (χ1) is 13.4. The molecular formula is C21H20ClN3O3. The number of nitrogens with zero attached hydrogens (tertiary/aromatic N) is 2. The van der Waals surface area contributed by atoms with Crippen LogP contribution in [0.3, 0.4) is 0 Å². The highest BCUT2D eigenvalue weighted by Crippen LogP contribution is 2.47. The number of ether oxygens (including phenoxy) is 2. The van der Waals surface area contributed by atoms with Gasteiger partial charge in [-0.15, -0.1) is 6.42 Å². The fourth-order valence-electron chi connectivity index (χ4n) is 3.76. The molecule has 0 fully saturated rings. The van der Waals surface area contributed by atoms with Gasteiger partial charge in [0.1, 0.15) is 12.4 Å². The number of carbonyl (C=O) groups is 1. The number of nitriles is 1. The second-order valence-corrected chi connectivity index (χ2v) is 6.97. The van der Waals surface area contributed by atoms with Crippen LogP contribution in [0.15, 0.2) is 34.8 Å². The van der Waals surface area contributed by atoms with E-state index in [1.165, 1.54) is 7.11 Å². The highest BCUT2D eigenvalue weighted by Gasteiger charge is 2.39. The summed E-state index contributed by atoms with van der Waals surface area (Å²) in [7, 11) is 3.26. The van der Waals surface area contributed by atoms with Crippen LogP contribution >= 0.6 is 11.6 Å². The first kappa shape index (κ1) is 19.7. The van der Waals surface area contributed by atoms with Crippen molar-refractivity contribution in [1.82, 2.24) is 4.90 Å². The molecule has 1 aromatic carbocycles. The van der Waals surface area contributed by atoms with E-state index in [1.807, 2.05) is 0 Å². The zero-order valence-corrected chi connectivity index (χ0v) is 16.5. The van der Waals surface area contributed by atoms with Crippen molar-refractivity contribution in [2.45, 2.75) is 25.2 Å². The van der Waals surface area contributed by atoms with E-state index in [4.69, 9.17) is 33.2 Å². The third kappa shape index (κ3) is 3.17. The van der Waals surface area contributed by atoms with Gasteiger partial charge in [0.05, 0.1) is 29.7 Å². The summed E-state index contributed by atoms with van der Waals surface area (Å²) in [4.78, 5) is 14.5. The third-order valence-corrected chi connectivity index (χ3v) is 5.33. The van der Waals surface area contributed by atoms with E-state index in [2.05, 4.69) is 12.0 Å². The SMILES string of the molecule is C#CCOc1c(Cl)cc([C@H]2C(C#N)=C(N)N(C)C3=C2C(=O)CCC3)cc1OC. The molecule has 0 saturated heterocycles. The van der Waals surface area contributed by atoms with E-state index in [0.717, 1.165) is 18.5 Å². The lowest BCUT2D eigenvalue weighted by Crippen LogP contribution is -2.36. The summed E-state index contributed by atoms with van der Waals surface area (Å²) in [6.07, 6.45) is 7.18. The maximum Gasteiger partial charge on any atom is 0.181 e. The zero-order chi connectivity index (χ0) is 20.4. The minimum atomic E-state index is -0.600. The summed E-state index contributed by atoms with van der Waals surface area (Å²) in [6, 6.07) is 5.56. The van der Waals surface area contributed by atoms with Gasteiger partial charge in [-0.3, -0.25) is 4.79 Å². The standard InChI is InChI=1S/C21H20ClN3O3/c1-4-8-28-20-14(22)9-12(10-17(20)27-3)18-13(11-23)21(24)25(2)15-6-5-7-16(26)19(15)18/h1,9-10,18H,5-8,24H2,2-3H3/t18-/m0/s1. The van der Waals surface area contributed by atoms with Crippen LogP contribution in [-0.2, 0) is 4.79 Å². The van der Waals surface area contributed by atoms with Crippen molar-refractivity contribution < 1.29 is 14.3 Å². The average Bonchev–Trinajstić information content (AvgIpc) is 2.69. The van der Waals surface area contributed by atoms with E-state index in [9.17, 15) is 10.1 Å². The maximum absolute atomic E-state index is 12.8. The van der Waals surface area contributed by atoms with Crippen molar-refractivity contribution in [1.29, 1.82) is 5.26 Å². The second-order valence-electron chi connectivity index (χ2n) is 6.57. The van der Waals surface area contributed by atoms with Crippen molar-refractivity contribution in [3.63, 3.8) is 0 Å². The van der Waals surface area contributed by atoms with Crippen molar-refractivity contribution in [2.75, 3.05) is 20.8 Å². The molecule has 28 heavy (non-hydrogen) atoms. The Morgan fingerprint density at radius 3 is 2.82 bits per heavy atom. The van der Waals surface area contributed by atoms with Gasteiger partial charge in [0.2, 0.25) is 0 Å². The third-order valence-electron chi connectivity index (χ3n) is 5.05. The number of carbonyl (C=O) groups excluding carboxylic acids is 1. The molecule has 0 spiro atoms. The number of terminal acetylenes is 1. The summed E-state index contributed by atoms with van der Waals surface area (Å²) >= 11 is 6.42. The molecule has 0 amide bonds. The van der Waals surface area contributed by atoms with E-state index in [1.54, 1.807) is 24.1 Å². The average molecular weight is 398 g/mol. The highest BCUT2D eigenvalue weighted by atomic mass is 35.5. The van der Waals surface area contributed by atoms with Crippen molar-refractivity contribution in [2.24, 2.45) is 5.73 Å². The molecule has 2 N–H and O–H groups in total. The minimum Gasteiger partial charge on any atom is -0.493 e. The molecule has 0 bridgehead atoms. The van der Waals surface area contributed by atoms with Crippen LogP contribution < -0.4 is 15.2 Å². The van der Waals surface area contributed by atoms with Crippen LogP contribution in [0.1, 0.15) is 30.7 Å². The monoisotopic (exact) mass is 397 g/mol. The van der Waals surface area contributed by atoms with Crippen LogP contribution in [0.5, 0.6) is 11.5 Å². The number of rotatable bonds is 4. The Kier molecular flexibility index (Phi) is 5.53. The fourth-order valence-corrected chi connectivity index (χ4v) is 4.03. The summed E-state index contributed by atoms with van der Waals surface area (Å²) in [5.74, 6) is 2.82. The van der Waals surface area contributed by atoms with Crippen molar-refractivity contribution in [3.8, 4) is 29.9 Å². The number of benzene rings is 1. The smallest absolute Gasteiger partial charge is 0.181 e. The topological polar surface area (TPSA) is 88.6 Å². The van der Waals surface area contributed by atoms with Crippen LogP contribution in [0, 0.1) is 23.7 Å². The lowest BCUT2D eigenvalue weighted by atomic mass is 9.76. The molecular weight excluding hydrogens is 378 g/mol. The van der Waals surface area contributed by atoms with Crippen molar-refractivity contribution in [3.05, 3.63) is 45.4 Å². The lowest BCUT2D eigenvalue weighted by molar-refractivity contribution is -0.116. The molecule has 6 nitrogen and oxygen atoms in total. The Labute approximate surface area is 169 Å². The normalized spacial score (nSPS) is 19.1. The zero-order valence-electron chi connectivity index (χ0n) is 15.7. The van der Waals surface area contributed by atoms with Crippen LogP contribution in [0.25, 0.3) is 0 Å². The fraction of sp³-hybridized carbons (Fsp3) is 0.333. The molecule has 2 aliphatic rings. The van der Waals surface area contributed by atoms with Crippen LogP contribution in [-0.4, -0.2) is 31.4 Å². The Balaban J connectivity index is 2.21. The number of hydrogen-bond donors (Lipinski definition) is 1. The predicted octanol–water partition coefficient (Wildman–Crippen LogP) is 3.09. The van der Waals surface area contributed by atoms with Gasteiger partial charge in [0.25, 0.3) is 0 Å². The van der Waals surface area contributed by atoms with Crippen LogP contribution in [0.2, 0.25) is 5.02 Å². The minimum absolute atomic E-state index is 0.0149. The van der Waals surface area contributed by atoms with Gasteiger partial charge in [0, 0.05) is 24.7 Å². The van der Waals surface area contributed by atoms with E-state index in [0.29, 0.717) is 40.5 Å². The highest BCUT2D eigenvalue weighted by molar-refractivity contribution is 6.32. The number of halogens is 1. The number of ketones is 1. The van der Waals surface area contributed by atoms with Crippen molar-refractivity contribution >= 4 is 17.4 Å². The van der Waals surface area contributed by atoms with Crippen LogP contribution in [0.4, 0.5) is 0 Å².